The van der Waals surface area contributed by atoms with Crippen molar-refractivity contribution in [3.63, 3.8) is 0 Å². The summed E-state index contributed by atoms with van der Waals surface area (Å²) < 4.78 is 4.61. The highest BCUT2D eigenvalue weighted by Crippen LogP contribution is 2.23. The van der Waals surface area contributed by atoms with Crippen molar-refractivity contribution in [2.45, 2.75) is 26.3 Å². The molecule has 2 N–H and O–H groups in total. The number of rotatable bonds is 2. The molecule has 0 aliphatic heterocycles. The van der Waals surface area contributed by atoms with Crippen LogP contribution < -0.4 is 10.6 Å². The van der Waals surface area contributed by atoms with Crippen molar-refractivity contribution in [3.05, 3.63) is 28.8 Å². The third kappa shape index (κ3) is 4.79. The molecule has 0 spiro atoms. The number of ether oxygens (including phenoxy) is 1. The molecule has 104 valence electrons. The lowest BCUT2D eigenvalue weighted by atomic mass is 10.1. The number of carbonyl (C=O) groups is 2. The Morgan fingerprint density at radius 1 is 1.26 bits per heavy atom. The Morgan fingerprint density at radius 3 is 2.42 bits per heavy atom. The fraction of sp³-hybridized carbons (Fsp3) is 0.385. The van der Waals surface area contributed by atoms with E-state index in [4.69, 9.17) is 11.6 Å². The van der Waals surface area contributed by atoms with Crippen LogP contribution in [0, 0.1) is 0 Å². The Balaban J connectivity index is 2.88. The molecule has 0 saturated heterocycles. The molecule has 6 heteroatoms. The van der Waals surface area contributed by atoms with Gasteiger partial charge in [-0.05, 0) is 39.0 Å². The van der Waals surface area contributed by atoms with Crippen molar-refractivity contribution in [2.24, 2.45) is 0 Å². The van der Waals surface area contributed by atoms with Crippen molar-refractivity contribution >= 4 is 29.3 Å². The summed E-state index contributed by atoms with van der Waals surface area (Å²) in [5.41, 5.74) is 0.306. The molecule has 1 aromatic carbocycles. The highest BCUT2D eigenvalue weighted by molar-refractivity contribution is 6.33. The largest absolute Gasteiger partial charge is 0.465 e. The molecule has 0 fully saturated rings. The normalized spacial score (nSPS) is 10.8. The number of benzene rings is 1. The van der Waals surface area contributed by atoms with Crippen molar-refractivity contribution < 1.29 is 14.3 Å². The fourth-order valence-corrected chi connectivity index (χ4v) is 1.52. The summed E-state index contributed by atoms with van der Waals surface area (Å²) in [4.78, 5) is 23.1. The van der Waals surface area contributed by atoms with Gasteiger partial charge in [0.1, 0.15) is 0 Å². The van der Waals surface area contributed by atoms with Crippen molar-refractivity contribution in [1.82, 2.24) is 5.32 Å². The maximum Gasteiger partial charge on any atom is 0.337 e. The molecule has 0 bridgehead atoms. The van der Waals surface area contributed by atoms with Gasteiger partial charge in [0.25, 0.3) is 0 Å². The SMILES string of the molecule is COC(=O)c1ccc(Cl)c(NC(=O)NC(C)(C)C)c1. The highest BCUT2D eigenvalue weighted by Gasteiger charge is 2.15. The van der Waals surface area contributed by atoms with Crippen LogP contribution in [0.4, 0.5) is 10.5 Å². The second kappa shape index (κ2) is 5.93. The van der Waals surface area contributed by atoms with Gasteiger partial charge in [0, 0.05) is 5.54 Å². The zero-order chi connectivity index (χ0) is 14.6. The molecular formula is C13H17ClN2O3. The average Bonchev–Trinajstić information content (AvgIpc) is 2.28. The maximum absolute atomic E-state index is 11.7. The molecule has 0 atom stereocenters. The minimum atomic E-state index is -0.490. The van der Waals surface area contributed by atoms with Gasteiger partial charge in [-0.15, -0.1) is 0 Å². The smallest absolute Gasteiger partial charge is 0.337 e. The number of amides is 2. The minimum absolute atomic E-state index is 0.318. The number of carbonyl (C=O) groups excluding carboxylic acids is 2. The Bertz CT molecular complexity index is 495. The first-order valence-electron chi connectivity index (χ1n) is 5.70. The second-order valence-electron chi connectivity index (χ2n) is 5.02. The van der Waals surface area contributed by atoms with Crippen LogP contribution >= 0.6 is 11.6 Å². The lowest BCUT2D eigenvalue weighted by Crippen LogP contribution is -2.43. The van der Waals surface area contributed by atoms with E-state index in [0.717, 1.165) is 0 Å². The third-order valence-corrected chi connectivity index (χ3v) is 2.45. The predicted molar refractivity (Wildman–Crippen MR) is 74.7 cm³/mol. The van der Waals surface area contributed by atoms with Crippen LogP contribution in [0.15, 0.2) is 18.2 Å². The van der Waals surface area contributed by atoms with Gasteiger partial charge in [-0.2, -0.15) is 0 Å². The van der Waals surface area contributed by atoms with E-state index < -0.39 is 12.0 Å². The summed E-state index contributed by atoms with van der Waals surface area (Å²) in [5, 5.41) is 5.67. The van der Waals surface area contributed by atoms with Gasteiger partial charge in [-0.25, -0.2) is 9.59 Å². The van der Waals surface area contributed by atoms with E-state index in [1.807, 2.05) is 20.8 Å². The number of methoxy groups -OCH3 is 1. The molecule has 2 amide bonds. The zero-order valence-electron chi connectivity index (χ0n) is 11.3. The van der Waals surface area contributed by atoms with Crippen molar-refractivity contribution in [3.8, 4) is 0 Å². The molecule has 0 saturated carbocycles. The quantitative estimate of drug-likeness (QED) is 0.820. The van der Waals surface area contributed by atoms with Crippen LogP contribution in [0.3, 0.4) is 0 Å². The van der Waals surface area contributed by atoms with E-state index in [-0.39, 0.29) is 5.54 Å². The van der Waals surface area contributed by atoms with E-state index in [0.29, 0.717) is 16.3 Å². The number of anilines is 1. The van der Waals surface area contributed by atoms with Crippen molar-refractivity contribution in [1.29, 1.82) is 0 Å². The number of esters is 1. The molecule has 0 aliphatic carbocycles. The van der Waals surface area contributed by atoms with Gasteiger partial charge in [0.05, 0.1) is 23.4 Å². The molecule has 0 aliphatic rings. The van der Waals surface area contributed by atoms with Crippen LogP contribution in [-0.4, -0.2) is 24.6 Å². The molecule has 5 nitrogen and oxygen atoms in total. The zero-order valence-corrected chi connectivity index (χ0v) is 12.1. The summed E-state index contributed by atoms with van der Waals surface area (Å²) in [6.45, 7) is 5.58. The first-order chi connectivity index (χ1) is 8.73. The van der Waals surface area contributed by atoms with Gasteiger partial charge < -0.3 is 15.4 Å². The van der Waals surface area contributed by atoms with Gasteiger partial charge >= 0.3 is 12.0 Å². The van der Waals surface area contributed by atoms with E-state index in [1.165, 1.54) is 25.3 Å². The second-order valence-corrected chi connectivity index (χ2v) is 5.42. The molecule has 1 rings (SSSR count). The highest BCUT2D eigenvalue weighted by atomic mass is 35.5. The Labute approximate surface area is 117 Å². The number of hydrogen-bond acceptors (Lipinski definition) is 3. The molecule has 0 aromatic heterocycles. The number of urea groups is 1. The van der Waals surface area contributed by atoms with Crippen LogP contribution in [0.25, 0.3) is 0 Å². The molecular weight excluding hydrogens is 268 g/mol. The molecule has 19 heavy (non-hydrogen) atoms. The summed E-state index contributed by atoms with van der Waals surface area (Å²) in [7, 11) is 1.29. The van der Waals surface area contributed by atoms with Crippen LogP contribution in [0.5, 0.6) is 0 Å². The maximum atomic E-state index is 11.7. The summed E-state index contributed by atoms with van der Waals surface area (Å²) in [6, 6.07) is 4.13. The summed E-state index contributed by atoms with van der Waals surface area (Å²) >= 11 is 5.96. The third-order valence-electron chi connectivity index (χ3n) is 2.12. The minimum Gasteiger partial charge on any atom is -0.465 e. The fourth-order valence-electron chi connectivity index (χ4n) is 1.36. The Kier molecular flexibility index (Phi) is 4.78. The van der Waals surface area contributed by atoms with Gasteiger partial charge in [-0.3, -0.25) is 0 Å². The molecule has 0 unspecified atom stereocenters. The van der Waals surface area contributed by atoms with E-state index in [2.05, 4.69) is 15.4 Å². The number of nitrogens with one attached hydrogen (secondary N) is 2. The summed E-state index contributed by atoms with van der Waals surface area (Å²) in [6.07, 6.45) is 0. The van der Waals surface area contributed by atoms with Crippen LogP contribution in [0.1, 0.15) is 31.1 Å². The van der Waals surface area contributed by atoms with Gasteiger partial charge in [0.15, 0.2) is 0 Å². The van der Waals surface area contributed by atoms with E-state index in [9.17, 15) is 9.59 Å². The van der Waals surface area contributed by atoms with Crippen LogP contribution in [-0.2, 0) is 4.74 Å². The lowest BCUT2D eigenvalue weighted by molar-refractivity contribution is 0.0600. The van der Waals surface area contributed by atoms with Crippen LogP contribution in [0.2, 0.25) is 5.02 Å². The summed E-state index contributed by atoms with van der Waals surface area (Å²) in [5.74, 6) is -0.490. The monoisotopic (exact) mass is 284 g/mol. The molecule has 1 aromatic rings. The molecule has 0 radical (unpaired) electrons. The Morgan fingerprint density at radius 2 is 1.89 bits per heavy atom. The lowest BCUT2D eigenvalue weighted by Gasteiger charge is -2.21. The van der Waals surface area contributed by atoms with Gasteiger partial charge in [-0.1, -0.05) is 11.6 Å². The Hall–Kier alpha value is -1.75. The standard InChI is InChI=1S/C13H17ClN2O3/c1-13(2,3)16-12(18)15-10-7-8(11(17)19-4)5-6-9(10)14/h5-7H,1-4H3,(H2,15,16,18). The van der Waals surface area contributed by atoms with E-state index in [1.54, 1.807) is 0 Å². The topological polar surface area (TPSA) is 67.4 Å². The number of hydrogen-bond donors (Lipinski definition) is 2. The first-order valence-corrected chi connectivity index (χ1v) is 6.08. The first kappa shape index (κ1) is 15.3. The van der Waals surface area contributed by atoms with E-state index >= 15 is 0 Å². The van der Waals surface area contributed by atoms with Gasteiger partial charge in [0.2, 0.25) is 0 Å². The predicted octanol–water partition coefficient (Wildman–Crippen LogP) is 3.05. The molecule has 0 heterocycles. The average molecular weight is 285 g/mol. The van der Waals surface area contributed by atoms with Crippen molar-refractivity contribution in [2.75, 3.05) is 12.4 Å². The number of halogens is 1.